The fraction of sp³-hybridized carbons (Fsp3) is 0.800. The molecule has 0 radical (unpaired) electrons. The summed E-state index contributed by atoms with van der Waals surface area (Å²) in [5.74, 6) is -0.878. The fourth-order valence-electron chi connectivity index (χ4n) is 8.94. The Morgan fingerprint density at radius 2 is 0.549 bits per heavy atom. The van der Waals surface area contributed by atoms with E-state index >= 15 is 0 Å². The maximum atomic E-state index is 12.9. The standard InChI is InChI=1S/C65H116O6/c1-4-7-10-13-16-19-22-25-27-29-31-33-35-36-38-40-43-46-49-52-55-58-64(67)70-61-62(60-69-63(66)57-54-51-48-45-42-24-21-18-15-12-9-6-3)71-65(68)59-56-53-50-47-44-41-39-37-34-32-30-28-26-23-20-17-14-11-8-5-2/h7,10,16,19,25,27,31,33,36,38,62H,4-6,8-9,11-15,17-18,20-24,26,28-30,32,34-35,37,39-61H2,1-3H3/b10-7-,19-16-,27-25-,33-31-,38-36-. The van der Waals surface area contributed by atoms with Crippen LogP contribution in [0.25, 0.3) is 0 Å². The SMILES string of the molecule is CC/C=C\C/C=C\C/C=C\C/C=C\C/C=C\CCCCCCCC(=O)OCC(COC(=O)CCCCCCCCCCCCCC)OC(=O)CCCCCCCCCCCCCCCCCCCCCC. The topological polar surface area (TPSA) is 78.9 Å². The van der Waals surface area contributed by atoms with Crippen LogP contribution in [0, 0.1) is 0 Å². The van der Waals surface area contributed by atoms with Crippen molar-refractivity contribution in [1.82, 2.24) is 0 Å². The maximum absolute atomic E-state index is 12.9. The van der Waals surface area contributed by atoms with E-state index < -0.39 is 6.10 Å². The third-order valence-electron chi connectivity index (χ3n) is 13.5. The second kappa shape index (κ2) is 59.7. The van der Waals surface area contributed by atoms with Crippen molar-refractivity contribution in [2.45, 2.75) is 322 Å². The number of hydrogen-bond donors (Lipinski definition) is 0. The summed E-state index contributed by atoms with van der Waals surface area (Å²) in [6.07, 6.45) is 75.0. The molecule has 0 aliphatic carbocycles. The molecule has 0 aliphatic rings. The summed E-state index contributed by atoms with van der Waals surface area (Å²) in [5.41, 5.74) is 0. The molecule has 0 heterocycles. The molecule has 1 unspecified atom stereocenters. The van der Waals surface area contributed by atoms with Gasteiger partial charge in [-0.2, -0.15) is 0 Å². The minimum absolute atomic E-state index is 0.0761. The van der Waals surface area contributed by atoms with E-state index in [-0.39, 0.29) is 31.1 Å². The van der Waals surface area contributed by atoms with E-state index in [1.807, 2.05) is 0 Å². The van der Waals surface area contributed by atoms with Crippen molar-refractivity contribution < 1.29 is 28.6 Å². The minimum Gasteiger partial charge on any atom is -0.462 e. The third-order valence-corrected chi connectivity index (χ3v) is 13.5. The molecular formula is C65H116O6. The molecule has 1 atom stereocenters. The van der Waals surface area contributed by atoms with Gasteiger partial charge in [0.2, 0.25) is 0 Å². The van der Waals surface area contributed by atoms with E-state index in [9.17, 15) is 14.4 Å². The molecule has 0 saturated heterocycles. The average molecular weight is 994 g/mol. The highest BCUT2D eigenvalue weighted by Crippen LogP contribution is 2.17. The van der Waals surface area contributed by atoms with Crippen molar-refractivity contribution in [3.63, 3.8) is 0 Å². The van der Waals surface area contributed by atoms with E-state index in [0.29, 0.717) is 19.3 Å². The van der Waals surface area contributed by atoms with Crippen LogP contribution in [-0.2, 0) is 28.6 Å². The van der Waals surface area contributed by atoms with Gasteiger partial charge in [0.25, 0.3) is 0 Å². The number of allylic oxidation sites excluding steroid dienone is 10. The molecular weight excluding hydrogens is 877 g/mol. The predicted molar refractivity (Wildman–Crippen MR) is 307 cm³/mol. The number of carbonyl (C=O) groups excluding carboxylic acids is 3. The van der Waals surface area contributed by atoms with Gasteiger partial charge in [0.1, 0.15) is 13.2 Å². The largest absolute Gasteiger partial charge is 0.462 e. The molecule has 6 nitrogen and oxygen atoms in total. The van der Waals surface area contributed by atoms with Crippen molar-refractivity contribution in [2.24, 2.45) is 0 Å². The zero-order chi connectivity index (χ0) is 51.4. The van der Waals surface area contributed by atoms with Crippen molar-refractivity contribution in [2.75, 3.05) is 13.2 Å². The van der Waals surface area contributed by atoms with Crippen molar-refractivity contribution in [3.8, 4) is 0 Å². The lowest BCUT2D eigenvalue weighted by Gasteiger charge is -2.18. The fourth-order valence-corrected chi connectivity index (χ4v) is 8.94. The summed E-state index contributed by atoms with van der Waals surface area (Å²) in [5, 5.41) is 0. The number of unbranched alkanes of at least 4 members (excludes halogenated alkanes) is 35. The summed E-state index contributed by atoms with van der Waals surface area (Å²) in [6, 6.07) is 0. The Balaban J connectivity index is 4.33. The van der Waals surface area contributed by atoms with Crippen LogP contribution in [0.5, 0.6) is 0 Å². The first-order valence-electron chi connectivity index (χ1n) is 30.8. The highest BCUT2D eigenvalue weighted by molar-refractivity contribution is 5.71. The van der Waals surface area contributed by atoms with Gasteiger partial charge in [-0.05, 0) is 64.2 Å². The molecule has 0 amide bonds. The maximum Gasteiger partial charge on any atom is 0.306 e. The van der Waals surface area contributed by atoms with Gasteiger partial charge in [-0.25, -0.2) is 0 Å². The van der Waals surface area contributed by atoms with Gasteiger partial charge in [0.05, 0.1) is 0 Å². The van der Waals surface area contributed by atoms with Crippen LogP contribution < -0.4 is 0 Å². The summed E-state index contributed by atoms with van der Waals surface area (Å²) in [4.78, 5) is 38.2. The van der Waals surface area contributed by atoms with Gasteiger partial charge in [-0.15, -0.1) is 0 Å². The van der Waals surface area contributed by atoms with Crippen LogP contribution >= 0.6 is 0 Å². The van der Waals surface area contributed by atoms with Gasteiger partial charge in [-0.1, -0.05) is 293 Å². The predicted octanol–water partition coefficient (Wildman–Crippen LogP) is 20.8. The van der Waals surface area contributed by atoms with Gasteiger partial charge >= 0.3 is 17.9 Å². The highest BCUT2D eigenvalue weighted by atomic mass is 16.6. The molecule has 412 valence electrons. The number of hydrogen-bond acceptors (Lipinski definition) is 6. The van der Waals surface area contributed by atoms with Crippen LogP contribution in [0.4, 0.5) is 0 Å². The lowest BCUT2D eigenvalue weighted by atomic mass is 10.0. The molecule has 0 bridgehead atoms. The first-order chi connectivity index (χ1) is 35.0. The van der Waals surface area contributed by atoms with Crippen LogP contribution in [0.15, 0.2) is 60.8 Å². The lowest BCUT2D eigenvalue weighted by Crippen LogP contribution is -2.30. The van der Waals surface area contributed by atoms with Crippen LogP contribution in [0.2, 0.25) is 0 Å². The molecule has 0 spiro atoms. The van der Waals surface area contributed by atoms with E-state index in [0.717, 1.165) is 109 Å². The molecule has 0 fully saturated rings. The second-order valence-electron chi connectivity index (χ2n) is 20.6. The Morgan fingerprint density at radius 3 is 0.859 bits per heavy atom. The summed E-state index contributed by atoms with van der Waals surface area (Å²) in [7, 11) is 0. The van der Waals surface area contributed by atoms with Crippen LogP contribution in [0.3, 0.4) is 0 Å². The smallest absolute Gasteiger partial charge is 0.306 e. The lowest BCUT2D eigenvalue weighted by molar-refractivity contribution is -0.167. The van der Waals surface area contributed by atoms with Crippen molar-refractivity contribution in [1.29, 1.82) is 0 Å². The van der Waals surface area contributed by atoms with Crippen molar-refractivity contribution in [3.05, 3.63) is 60.8 Å². The highest BCUT2D eigenvalue weighted by Gasteiger charge is 2.19. The number of carbonyl (C=O) groups is 3. The van der Waals surface area contributed by atoms with E-state index in [2.05, 4.69) is 81.5 Å². The Bertz CT molecular complexity index is 1280. The number of esters is 3. The third kappa shape index (κ3) is 57.9. The Morgan fingerprint density at radius 1 is 0.296 bits per heavy atom. The van der Waals surface area contributed by atoms with Crippen LogP contribution in [0.1, 0.15) is 316 Å². The molecule has 0 N–H and O–H groups in total. The quantitative estimate of drug-likeness (QED) is 0.0261. The summed E-state index contributed by atoms with van der Waals surface area (Å²) in [6.45, 7) is 6.55. The molecule has 0 rings (SSSR count). The molecule has 0 saturated carbocycles. The normalized spacial score (nSPS) is 12.4. The summed E-state index contributed by atoms with van der Waals surface area (Å²) < 4.78 is 16.9. The molecule has 0 aromatic rings. The molecule has 6 heteroatoms. The number of ether oxygens (including phenoxy) is 3. The molecule has 0 aromatic carbocycles. The first-order valence-corrected chi connectivity index (χ1v) is 30.8. The number of rotatable bonds is 56. The van der Waals surface area contributed by atoms with Crippen molar-refractivity contribution >= 4 is 17.9 Å². The Hall–Kier alpha value is -2.89. The van der Waals surface area contributed by atoms with E-state index in [1.165, 1.54) is 167 Å². The summed E-state index contributed by atoms with van der Waals surface area (Å²) >= 11 is 0. The van der Waals surface area contributed by atoms with Gasteiger partial charge < -0.3 is 14.2 Å². The first kappa shape index (κ1) is 68.1. The Labute approximate surface area is 440 Å². The molecule has 0 aromatic heterocycles. The minimum atomic E-state index is -0.779. The Kier molecular flexibility index (Phi) is 57.2. The van der Waals surface area contributed by atoms with Gasteiger partial charge in [-0.3, -0.25) is 14.4 Å². The average Bonchev–Trinajstić information content (AvgIpc) is 3.37. The molecule has 71 heavy (non-hydrogen) atoms. The molecule has 0 aliphatic heterocycles. The van der Waals surface area contributed by atoms with Gasteiger partial charge in [0.15, 0.2) is 6.10 Å². The van der Waals surface area contributed by atoms with Crippen LogP contribution in [-0.4, -0.2) is 37.2 Å². The van der Waals surface area contributed by atoms with E-state index in [4.69, 9.17) is 14.2 Å². The van der Waals surface area contributed by atoms with E-state index in [1.54, 1.807) is 0 Å². The van der Waals surface area contributed by atoms with Gasteiger partial charge in [0, 0.05) is 19.3 Å². The zero-order valence-electron chi connectivity index (χ0n) is 47.2. The monoisotopic (exact) mass is 993 g/mol. The second-order valence-corrected chi connectivity index (χ2v) is 20.6. The zero-order valence-corrected chi connectivity index (χ0v) is 47.2.